The third kappa shape index (κ3) is 11.0. The third-order valence-corrected chi connectivity index (χ3v) is 13.2. The Balaban J connectivity index is 0.000000174. The van der Waals surface area contributed by atoms with Crippen molar-refractivity contribution in [1.29, 1.82) is 0 Å². The minimum atomic E-state index is -1.23. The Hall–Kier alpha value is -6.42. The van der Waals surface area contributed by atoms with Gasteiger partial charge in [0.05, 0.1) is 59.1 Å². The molecular formula is C53H63N5O10. The van der Waals surface area contributed by atoms with Crippen molar-refractivity contribution in [2.45, 2.75) is 124 Å². The molecule has 4 aliphatic rings. The Labute approximate surface area is 396 Å². The van der Waals surface area contributed by atoms with Crippen molar-refractivity contribution in [3.8, 4) is 11.8 Å². The minimum absolute atomic E-state index is 0. The molecule has 4 aromatic heterocycles. The second-order valence-electron chi connectivity index (χ2n) is 18.3. The summed E-state index contributed by atoms with van der Waals surface area (Å²) < 4.78 is 26.8. The molecule has 2 aliphatic heterocycles. The maximum Gasteiger partial charge on any atom is 0.341 e. The molecule has 2 aliphatic carbocycles. The Morgan fingerprint density at radius 2 is 1.13 bits per heavy atom. The van der Waals surface area contributed by atoms with E-state index in [0.717, 1.165) is 38.2 Å². The molecule has 3 N–H and O–H groups in total. The standard InChI is InChI=1S/C26H29N3O4.C20H18N2O4.C7H14O.H2O/c1-4-28-14-22(26(31)29-13-17(3)32-15-16(29)2)25(30)21-11-24(27-12-23(21)28)33-20-9-18-7-5-6-8-19(18)10-20;1-2-22-11-16(20(24)25)19(23)15-9-18(21-10-17(15)22)26-14-7-12-5-3-4-6-13(12)8-14;1-6-3-4-7(2)8-5-6;/h5-8,11-12,14,16-17,20H,4,9-10,13,15H2,1-3H3;3-6,9-11,14H,2,7-8H2,1H3,(H,24,25);6-7H,3-5H2,1-2H3;1H2/t16-,17+;;6-,7-;/m1.0./s1. The highest BCUT2D eigenvalue weighted by molar-refractivity contribution is 5.97. The fourth-order valence-corrected chi connectivity index (χ4v) is 9.40. The van der Waals surface area contributed by atoms with E-state index in [1.165, 1.54) is 41.3 Å². The van der Waals surface area contributed by atoms with Gasteiger partial charge in [0.15, 0.2) is 0 Å². The number of aromatic nitrogens is 4. The second-order valence-corrected chi connectivity index (χ2v) is 18.3. The molecule has 1 amide bonds. The van der Waals surface area contributed by atoms with Gasteiger partial charge in [0.2, 0.25) is 22.6 Å². The van der Waals surface area contributed by atoms with Gasteiger partial charge in [-0.25, -0.2) is 14.8 Å². The van der Waals surface area contributed by atoms with E-state index < -0.39 is 11.4 Å². The zero-order valence-corrected chi connectivity index (χ0v) is 39.8. The molecular weight excluding hydrogens is 867 g/mol. The van der Waals surface area contributed by atoms with E-state index in [-0.39, 0.29) is 52.3 Å². The van der Waals surface area contributed by atoms with Crippen LogP contribution in [0.2, 0.25) is 0 Å². The monoisotopic (exact) mass is 929 g/mol. The summed E-state index contributed by atoms with van der Waals surface area (Å²) in [4.78, 5) is 61.3. The zero-order chi connectivity index (χ0) is 47.4. The smallest absolute Gasteiger partial charge is 0.341 e. The summed E-state index contributed by atoms with van der Waals surface area (Å²) in [5.74, 6) is 0.0729. The van der Waals surface area contributed by atoms with Crippen LogP contribution >= 0.6 is 0 Å². The summed E-state index contributed by atoms with van der Waals surface area (Å²) in [7, 11) is 0. The Morgan fingerprint density at radius 3 is 1.56 bits per heavy atom. The van der Waals surface area contributed by atoms with Crippen molar-refractivity contribution in [2.75, 3.05) is 19.8 Å². The Morgan fingerprint density at radius 1 is 0.676 bits per heavy atom. The van der Waals surface area contributed by atoms with Gasteiger partial charge in [0, 0.05) is 76.5 Å². The van der Waals surface area contributed by atoms with E-state index in [4.69, 9.17) is 18.9 Å². The molecule has 10 rings (SSSR count). The molecule has 6 aromatic rings. The molecule has 0 bridgehead atoms. The first kappa shape index (κ1) is 49.5. The number of aromatic carboxylic acids is 1. The van der Waals surface area contributed by atoms with Gasteiger partial charge >= 0.3 is 5.97 Å². The third-order valence-electron chi connectivity index (χ3n) is 13.2. The van der Waals surface area contributed by atoms with Gasteiger partial charge in [-0.15, -0.1) is 0 Å². The first-order valence-electron chi connectivity index (χ1n) is 23.6. The highest BCUT2D eigenvalue weighted by Gasteiger charge is 2.31. The van der Waals surface area contributed by atoms with Gasteiger partial charge in [-0.3, -0.25) is 14.4 Å². The highest BCUT2D eigenvalue weighted by atomic mass is 16.5. The van der Waals surface area contributed by atoms with Gasteiger partial charge in [0.25, 0.3) is 5.91 Å². The topological polar surface area (TPSA) is 196 Å². The van der Waals surface area contributed by atoms with Crippen LogP contribution in [-0.4, -0.2) is 96.7 Å². The maximum absolute atomic E-state index is 13.5. The lowest BCUT2D eigenvalue weighted by Gasteiger charge is -2.36. The van der Waals surface area contributed by atoms with Crippen molar-refractivity contribution in [3.05, 3.63) is 139 Å². The van der Waals surface area contributed by atoms with Crippen LogP contribution in [0.3, 0.4) is 0 Å². The van der Waals surface area contributed by atoms with Gasteiger partial charge in [0.1, 0.15) is 23.3 Å². The average Bonchev–Trinajstić information content (AvgIpc) is 3.94. The van der Waals surface area contributed by atoms with Crippen LogP contribution in [0.15, 0.2) is 95.0 Å². The fraction of sp³-hybridized carbons (Fsp3) is 0.434. The molecule has 2 saturated heterocycles. The number of pyridine rings is 4. The maximum atomic E-state index is 13.5. The van der Waals surface area contributed by atoms with E-state index in [1.54, 1.807) is 40.2 Å². The van der Waals surface area contributed by atoms with Crippen LogP contribution in [0.1, 0.15) is 97.4 Å². The summed E-state index contributed by atoms with van der Waals surface area (Å²) >= 11 is 0. The summed E-state index contributed by atoms with van der Waals surface area (Å²) in [6.45, 7) is 15.2. The molecule has 6 heterocycles. The van der Waals surface area contributed by atoms with Crippen molar-refractivity contribution in [2.24, 2.45) is 5.92 Å². The van der Waals surface area contributed by atoms with Crippen molar-refractivity contribution >= 4 is 33.7 Å². The van der Waals surface area contributed by atoms with E-state index in [9.17, 15) is 24.3 Å². The normalized spacial score (nSPS) is 20.0. The Bertz CT molecular complexity index is 2830. The predicted molar refractivity (Wildman–Crippen MR) is 260 cm³/mol. The lowest BCUT2D eigenvalue weighted by Crippen LogP contribution is -2.51. The largest absolute Gasteiger partial charge is 0.477 e. The molecule has 2 aromatic carbocycles. The van der Waals surface area contributed by atoms with Crippen molar-refractivity contribution in [3.63, 3.8) is 0 Å². The van der Waals surface area contributed by atoms with E-state index in [2.05, 4.69) is 48.1 Å². The number of benzene rings is 2. The number of morpholine rings is 1. The predicted octanol–water partition coefficient (Wildman–Crippen LogP) is 6.87. The summed E-state index contributed by atoms with van der Waals surface area (Å²) in [5.41, 5.74) is 5.54. The molecule has 0 saturated carbocycles. The van der Waals surface area contributed by atoms with Gasteiger partial charge in [-0.1, -0.05) is 55.5 Å². The van der Waals surface area contributed by atoms with Crippen LogP contribution in [0.25, 0.3) is 21.8 Å². The molecule has 0 spiro atoms. The number of rotatable bonds is 8. The molecule has 0 radical (unpaired) electrons. The number of carbonyl (C=O) groups is 2. The fourth-order valence-electron chi connectivity index (χ4n) is 9.40. The van der Waals surface area contributed by atoms with Crippen LogP contribution in [-0.2, 0) is 48.2 Å². The summed E-state index contributed by atoms with van der Waals surface area (Å²) in [6.07, 6.45) is 12.5. The van der Waals surface area contributed by atoms with Crippen LogP contribution in [0.5, 0.6) is 11.8 Å². The van der Waals surface area contributed by atoms with Crippen LogP contribution < -0.4 is 20.3 Å². The van der Waals surface area contributed by atoms with Crippen LogP contribution in [0, 0.1) is 5.92 Å². The number of hydrogen-bond donors (Lipinski definition) is 1. The molecule has 15 heteroatoms. The number of amides is 1. The molecule has 15 nitrogen and oxygen atoms in total. The first-order chi connectivity index (χ1) is 32.3. The highest BCUT2D eigenvalue weighted by Crippen LogP contribution is 2.28. The molecule has 4 atom stereocenters. The lowest BCUT2D eigenvalue weighted by atomic mass is 10.0. The number of carboxylic acid groups (broad SMARTS) is 1. The molecule has 2 fully saturated rings. The van der Waals surface area contributed by atoms with Crippen molar-refractivity contribution < 1.29 is 39.1 Å². The lowest BCUT2D eigenvalue weighted by molar-refractivity contribution is -0.0387. The average molecular weight is 930 g/mol. The molecule has 360 valence electrons. The minimum Gasteiger partial charge on any atom is -0.477 e. The first-order valence-corrected chi connectivity index (χ1v) is 23.6. The quantitative estimate of drug-likeness (QED) is 0.167. The molecule has 0 unspecified atom stereocenters. The van der Waals surface area contributed by atoms with Crippen LogP contribution in [0.4, 0.5) is 0 Å². The zero-order valence-electron chi connectivity index (χ0n) is 39.8. The SMILES string of the molecule is CCn1cc(C(=O)N2C[C@H](C)OC[C@H]2C)c(=O)c2cc(OC3Cc4ccccc4C3)ncc21.CCn1cc(C(=O)O)c(=O)c2cc(OC3Cc4ccccc4C3)ncc21.C[C@H]1CC[C@H](C)OC1.O. The Kier molecular flexibility index (Phi) is 15.8. The number of carbonyl (C=O) groups excluding carboxylic acids is 1. The summed E-state index contributed by atoms with van der Waals surface area (Å²) in [6, 6.07) is 19.7. The van der Waals surface area contributed by atoms with E-state index in [0.29, 0.717) is 65.9 Å². The number of ether oxygens (including phenoxy) is 4. The second kappa shape index (κ2) is 21.7. The van der Waals surface area contributed by atoms with Gasteiger partial charge in [-0.05, 0) is 75.6 Å². The molecule has 68 heavy (non-hydrogen) atoms. The number of nitrogens with zero attached hydrogens (tertiary/aromatic N) is 5. The van der Waals surface area contributed by atoms with Crippen molar-refractivity contribution in [1.82, 2.24) is 24.0 Å². The number of hydrogen-bond acceptors (Lipinski definition) is 10. The van der Waals surface area contributed by atoms with E-state index in [1.807, 2.05) is 56.5 Å². The number of carboxylic acids is 1. The van der Waals surface area contributed by atoms with Gasteiger partial charge < -0.3 is 43.6 Å². The van der Waals surface area contributed by atoms with E-state index >= 15 is 0 Å². The van der Waals surface area contributed by atoms with Gasteiger partial charge in [-0.2, -0.15) is 0 Å². The number of fused-ring (bicyclic) bond motifs is 4. The number of aryl methyl sites for hydroxylation is 2. The summed E-state index contributed by atoms with van der Waals surface area (Å²) in [5, 5.41) is 10.1.